The molecule has 0 N–H and O–H groups in total. The van der Waals surface area contributed by atoms with Crippen LogP contribution in [0.2, 0.25) is 0 Å². The number of carbonyl (C=O) groups excluding carboxylic acids is 2. The van der Waals surface area contributed by atoms with Crippen LogP contribution >= 0.6 is 0 Å². The van der Waals surface area contributed by atoms with E-state index in [1.54, 1.807) is 27.9 Å². The van der Waals surface area contributed by atoms with Gasteiger partial charge >= 0.3 is 35.5 Å². The number of aliphatic carboxylic acids is 1. The summed E-state index contributed by atoms with van der Waals surface area (Å²) in [5, 5.41) is 11.6. The van der Waals surface area contributed by atoms with Crippen LogP contribution in [0.1, 0.15) is 46.5 Å². The zero-order valence-electron chi connectivity index (χ0n) is 15.5. The minimum atomic E-state index is -1.15. The van der Waals surface area contributed by atoms with Gasteiger partial charge in [0.15, 0.2) is 0 Å². The molecule has 0 heterocycles. The molecular formula is C17H27NaO6. The summed E-state index contributed by atoms with van der Waals surface area (Å²) >= 11 is 0. The van der Waals surface area contributed by atoms with Gasteiger partial charge < -0.3 is 24.1 Å². The van der Waals surface area contributed by atoms with E-state index < -0.39 is 23.0 Å². The molecule has 0 unspecified atom stereocenters. The number of methoxy groups -OCH3 is 1. The molecule has 0 aromatic carbocycles. The first-order valence-corrected chi connectivity index (χ1v) is 7.93. The Morgan fingerprint density at radius 1 is 1.17 bits per heavy atom. The number of carboxylic acid groups (broad SMARTS) is 1. The Kier molecular flexibility index (Phi) is 10.4. The van der Waals surface area contributed by atoms with E-state index >= 15 is 0 Å². The monoisotopic (exact) mass is 350 g/mol. The second-order valence-electron chi connectivity index (χ2n) is 6.87. The first kappa shape index (κ1) is 23.6. The second kappa shape index (κ2) is 10.6. The van der Waals surface area contributed by atoms with Crippen molar-refractivity contribution in [2.75, 3.05) is 26.9 Å². The van der Waals surface area contributed by atoms with Gasteiger partial charge in [0.25, 0.3) is 0 Å². The van der Waals surface area contributed by atoms with E-state index in [0.717, 1.165) is 12.8 Å². The Bertz CT molecular complexity index is 446. The summed E-state index contributed by atoms with van der Waals surface area (Å²) in [5.74, 6) is -1.70. The molecule has 6 nitrogen and oxygen atoms in total. The van der Waals surface area contributed by atoms with Gasteiger partial charge in [-0.1, -0.05) is 18.9 Å². The third-order valence-electron chi connectivity index (χ3n) is 3.70. The molecule has 7 heteroatoms. The van der Waals surface area contributed by atoms with Gasteiger partial charge in [-0.3, -0.25) is 0 Å². The van der Waals surface area contributed by atoms with Gasteiger partial charge in [0.2, 0.25) is 0 Å². The smallest absolute Gasteiger partial charge is 0.549 e. The summed E-state index contributed by atoms with van der Waals surface area (Å²) in [4.78, 5) is 23.9. The SMILES string of the molecule is COCCOC/C(=C\C1(C(=O)[O-])CCCC1)C(=O)OC(C)(C)C.[Na+]. The zero-order chi connectivity index (χ0) is 17.5. The topological polar surface area (TPSA) is 84.9 Å². The molecule has 1 rings (SSSR count). The second-order valence-corrected chi connectivity index (χ2v) is 6.87. The molecular weight excluding hydrogens is 323 g/mol. The van der Waals surface area contributed by atoms with Crippen LogP contribution in [0.3, 0.4) is 0 Å². The summed E-state index contributed by atoms with van der Waals surface area (Å²) in [6, 6.07) is 0. The number of hydrogen-bond acceptors (Lipinski definition) is 6. The molecule has 0 aromatic heterocycles. The molecule has 0 spiro atoms. The van der Waals surface area contributed by atoms with Gasteiger partial charge in [0.1, 0.15) is 5.60 Å². The fourth-order valence-electron chi connectivity index (χ4n) is 2.57. The summed E-state index contributed by atoms with van der Waals surface area (Å²) in [6.07, 6.45) is 4.03. The normalized spacial score (nSPS) is 17.2. The van der Waals surface area contributed by atoms with Crippen molar-refractivity contribution in [2.24, 2.45) is 5.41 Å². The maximum atomic E-state index is 12.4. The molecule has 1 aliphatic carbocycles. The fourth-order valence-corrected chi connectivity index (χ4v) is 2.57. The van der Waals surface area contributed by atoms with Gasteiger partial charge in [-0.15, -0.1) is 0 Å². The van der Waals surface area contributed by atoms with Crippen molar-refractivity contribution in [3.05, 3.63) is 11.6 Å². The van der Waals surface area contributed by atoms with E-state index in [9.17, 15) is 14.7 Å². The summed E-state index contributed by atoms with van der Waals surface area (Å²) < 4.78 is 15.7. The predicted octanol–water partition coefficient (Wildman–Crippen LogP) is -1.77. The predicted molar refractivity (Wildman–Crippen MR) is 82.5 cm³/mol. The summed E-state index contributed by atoms with van der Waals surface area (Å²) in [6.45, 7) is 5.99. The Balaban J connectivity index is 0.00000529. The van der Waals surface area contributed by atoms with E-state index in [2.05, 4.69) is 0 Å². The number of carbonyl (C=O) groups is 2. The molecule has 0 bridgehead atoms. The van der Waals surface area contributed by atoms with Crippen molar-refractivity contribution < 1.29 is 58.5 Å². The number of hydrogen-bond donors (Lipinski definition) is 0. The standard InChI is InChI=1S/C17H28O6.Na/c1-16(2,3)23-14(18)13(12-22-10-9-21-4)11-17(15(19)20)7-5-6-8-17;/h11H,5-10,12H2,1-4H3,(H,19,20);/q;+1/p-1/b13-11+;. The van der Waals surface area contributed by atoms with Crippen LogP contribution in [0.5, 0.6) is 0 Å². The van der Waals surface area contributed by atoms with Crippen LogP contribution in [0.25, 0.3) is 0 Å². The molecule has 0 radical (unpaired) electrons. The quantitative estimate of drug-likeness (QED) is 0.223. The largest absolute Gasteiger partial charge is 1.00 e. The maximum absolute atomic E-state index is 12.4. The van der Waals surface area contributed by atoms with E-state index in [0.29, 0.717) is 26.1 Å². The number of rotatable bonds is 8. The number of esters is 1. The van der Waals surface area contributed by atoms with Crippen molar-refractivity contribution in [2.45, 2.75) is 52.1 Å². The van der Waals surface area contributed by atoms with Gasteiger partial charge in [0.05, 0.1) is 31.4 Å². The molecule has 0 amide bonds. The zero-order valence-corrected chi connectivity index (χ0v) is 17.5. The van der Waals surface area contributed by atoms with Gasteiger partial charge in [-0.25, -0.2) is 4.79 Å². The van der Waals surface area contributed by atoms with Gasteiger partial charge in [-0.2, -0.15) is 0 Å². The van der Waals surface area contributed by atoms with Crippen LogP contribution in [0.4, 0.5) is 0 Å². The van der Waals surface area contributed by atoms with Gasteiger partial charge in [0, 0.05) is 12.5 Å². The van der Waals surface area contributed by atoms with Crippen molar-refractivity contribution >= 4 is 11.9 Å². The average Bonchev–Trinajstić information content (AvgIpc) is 2.90. The third kappa shape index (κ3) is 7.66. The number of ether oxygens (including phenoxy) is 3. The Labute approximate surface area is 166 Å². The van der Waals surface area contributed by atoms with Crippen molar-refractivity contribution in [1.29, 1.82) is 0 Å². The van der Waals surface area contributed by atoms with Crippen molar-refractivity contribution in [3.63, 3.8) is 0 Å². The van der Waals surface area contributed by atoms with Crippen LogP contribution < -0.4 is 34.7 Å². The van der Waals surface area contributed by atoms with Crippen molar-refractivity contribution in [1.82, 2.24) is 0 Å². The van der Waals surface area contributed by atoms with Crippen molar-refractivity contribution in [3.8, 4) is 0 Å². The molecule has 132 valence electrons. The maximum Gasteiger partial charge on any atom is 1.00 e. The molecule has 0 aliphatic heterocycles. The first-order chi connectivity index (χ1) is 10.7. The third-order valence-corrected chi connectivity index (χ3v) is 3.70. The van der Waals surface area contributed by atoms with Crippen LogP contribution in [-0.2, 0) is 23.8 Å². The van der Waals surface area contributed by atoms with E-state index in [4.69, 9.17) is 14.2 Å². The molecule has 0 atom stereocenters. The van der Waals surface area contributed by atoms with E-state index in [1.165, 1.54) is 6.08 Å². The van der Waals surface area contributed by atoms with Crippen LogP contribution in [0, 0.1) is 5.41 Å². The molecule has 0 saturated heterocycles. The molecule has 24 heavy (non-hydrogen) atoms. The number of carboxylic acids is 1. The Hall–Kier alpha value is -0.400. The Morgan fingerprint density at radius 2 is 1.75 bits per heavy atom. The summed E-state index contributed by atoms with van der Waals surface area (Å²) in [5.41, 5.74) is -1.54. The molecule has 1 aliphatic rings. The van der Waals surface area contributed by atoms with Crippen LogP contribution in [-0.4, -0.2) is 44.5 Å². The summed E-state index contributed by atoms with van der Waals surface area (Å²) in [7, 11) is 1.55. The molecule has 1 saturated carbocycles. The molecule has 0 aromatic rings. The molecule has 1 fully saturated rings. The average molecular weight is 350 g/mol. The van der Waals surface area contributed by atoms with E-state index in [1.807, 2.05) is 0 Å². The fraction of sp³-hybridized carbons (Fsp3) is 0.765. The minimum absolute atomic E-state index is 0. The first-order valence-electron chi connectivity index (χ1n) is 7.93. The Morgan fingerprint density at radius 3 is 2.21 bits per heavy atom. The van der Waals surface area contributed by atoms with Gasteiger partial charge in [-0.05, 0) is 33.6 Å². The van der Waals surface area contributed by atoms with E-state index in [-0.39, 0.29) is 41.7 Å². The minimum Gasteiger partial charge on any atom is -0.549 e. The van der Waals surface area contributed by atoms with Crippen LogP contribution in [0.15, 0.2) is 11.6 Å².